The van der Waals surface area contributed by atoms with Gasteiger partial charge in [0, 0.05) is 58.2 Å². The third-order valence-corrected chi connectivity index (χ3v) is 14.1. The smallest absolute Gasteiger partial charge is 0.303 e. The first kappa shape index (κ1) is 105. The van der Waals surface area contributed by atoms with Gasteiger partial charge in [-0.2, -0.15) is 0 Å². The molecule has 0 radical (unpaired) electrons. The molecule has 0 saturated heterocycles. The normalized spacial score (nSPS) is 12.5. The highest BCUT2D eigenvalue weighted by molar-refractivity contribution is 6.13. The van der Waals surface area contributed by atoms with Crippen molar-refractivity contribution in [1.29, 1.82) is 0 Å². The topological polar surface area (TPSA) is 420 Å². The van der Waals surface area contributed by atoms with Crippen molar-refractivity contribution in [3.63, 3.8) is 0 Å². The number of ether oxygens (including phenoxy) is 28. The quantitative estimate of drug-likeness (QED) is 0.0392. The molecule has 1 rings (SSSR count). The van der Waals surface area contributed by atoms with Crippen LogP contribution in [-0.2, 0) is 161 Å². The maximum Gasteiger partial charge on any atom is 0.303 e. The third kappa shape index (κ3) is 80.6. The van der Waals surface area contributed by atoms with Crippen LogP contribution in [0.2, 0.25) is 0 Å². The van der Waals surface area contributed by atoms with Crippen LogP contribution in [0.25, 0.3) is 0 Å². The van der Waals surface area contributed by atoms with Crippen molar-refractivity contribution in [2.24, 2.45) is 0 Å². The zero-order valence-corrected chi connectivity index (χ0v) is 65.8. The molecule has 1 unspecified atom stereocenters. The van der Waals surface area contributed by atoms with Crippen LogP contribution in [0.3, 0.4) is 0 Å². The van der Waals surface area contributed by atoms with Gasteiger partial charge in [0.15, 0.2) is 0 Å². The summed E-state index contributed by atoms with van der Waals surface area (Å²) in [6, 6.07) is -1.05. The van der Waals surface area contributed by atoms with Gasteiger partial charge in [0.05, 0.1) is 363 Å². The summed E-state index contributed by atoms with van der Waals surface area (Å²) >= 11 is 0. The molecule has 4 N–H and O–H groups in total. The third-order valence-electron chi connectivity index (χ3n) is 14.1. The summed E-state index contributed by atoms with van der Waals surface area (Å²) in [5, 5.41) is 17.0. The first-order valence-corrected chi connectivity index (χ1v) is 38.4. The molecule has 111 heavy (non-hydrogen) atoms. The molecule has 0 aromatic rings. The predicted octanol–water partition coefficient (Wildman–Crippen LogP) is -1.63. The first-order chi connectivity index (χ1) is 54.7. The molecular formula is C72H134N4O35. The highest BCUT2D eigenvalue weighted by atomic mass is 16.6. The monoisotopic (exact) mass is 1610 g/mol. The number of aliphatic carboxylic acids is 1. The largest absolute Gasteiger partial charge is 0.481 e. The van der Waals surface area contributed by atoms with E-state index in [0.717, 1.165) is 4.90 Å². The van der Waals surface area contributed by atoms with Crippen molar-refractivity contribution >= 4 is 35.5 Å². The van der Waals surface area contributed by atoms with E-state index in [1.165, 1.54) is 12.2 Å². The molecule has 39 nitrogen and oxygen atoms in total. The molecular weight excluding hydrogens is 1480 g/mol. The zero-order chi connectivity index (χ0) is 79.8. The van der Waals surface area contributed by atoms with Gasteiger partial charge in [-0.25, -0.2) is 0 Å². The van der Waals surface area contributed by atoms with Gasteiger partial charge in [-0.3, -0.25) is 33.7 Å². The Morgan fingerprint density at radius 2 is 0.486 bits per heavy atom. The minimum Gasteiger partial charge on any atom is -0.481 e. The number of amides is 5. The number of methoxy groups -OCH3 is 1. The number of rotatable bonds is 95. The number of nitrogens with one attached hydrogen (secondary N) is 3. The molecule has 0 aromatic heterocycles. The summed E-state index contributed by atoms with van der Waals surface area (Å²) in [5.74, 6) is -3.27. The fraction of sp³-hybridized carbons (Fsp3) is 0.889. The Morgan fingerprint density at radius 3 is 0.712 bits per heavy atom. The van der Waals surface area contributed by atoms with Crippen LogP contribution in [-0.4, -0.2) is 442 Å². The van der Waals surface area contributed by atoms with E-state index in [0.29, 0.717) is 324 Å². The molecule has 39 heteroatoms. The SMILES string of the molecule is COCCOCCOCCOCCOCCOCCOCCOCCOCCOCCOCCOCCOCCOCCOCCOCCOCCOCCOCCOCCOCCOCCOCCOCCNC(=O)C(CCC(=O)O)NC(=O)CCOCCOCCOCCOCCNC(=O)CCN1C(=O)C=CC1=O. The van der Waals surface area contributed by atoms with Gasteiger partial charge < -0.3 is 154 Å². The van der Waals surface area contributed by atoms with Crippen LogP contribution in [0.15, 0.2) is 12.2 Å². The zero-order valence-electron chi connectivity index (χ0n) is 65.8. The number of carbonyl (C=O) groups excluding carboxylic acids is 5. The summed E-state index contributed by atoms with van der Waals surface area (Å²) in [5.41, 5.74) is 0. The van der Waals surface area contributed by atoms with E-state index in [1.54, 1.807) is 7.11 Å². The molecule has 1 heterocycles. The second-order valence-corrected chi connectivity index (χ2v) is 22.9. The van der Waals surface area contributed by atoms with Crippen molar-refractivity contribution < 1.29 is 167 Å². The molecule has 0 saturated carbocycles. The van der Waals surface area contributed by atoms with Crippen LogP contribution in [0.4, 0.5) is 0 Å². The Hall–Kier alpha value is -4.36. The first-order valence-electron chi connectivity index (χ1n) is 38.4. The molecule has 1 aliphatic heterocycles. The minimum atomic E-state index is -1.10. The van der Waals surface area contributed by atoms with Gasteiger partial charge >= 0.3 is 5.97 Å². The minimum absolute atomic E-state index is 0.00570. The van der Waals surface area contributed by atoms with Crippen molar-refractivity contribution in [2.45, 2.75) is 31.7 Å². The van der Waals surface area contributed by atoms with Crippen LogP contribution in [0.5, 0.6) is 0 Å². The van der Waals surface area contributed by atoms with Crippen molar-refractivity contribution in [3.05, 3.63) is 12.2 Å². The second-order valence-electron chi connectivity index (χ2n) is 22.9. The lowest BCUT2D eigenvalue weighted by Gasteiger charge is -2.18. The van der Waals surface area contributed by atoms with E-state index in [2.05, 4.69) is 16.0 Å². The molecule has 1 atom stereocenters. The lowest BCUT2D eigenvalue weighted by Crippen LogP contribution is -2.47. The summed E-state index contributed by atoms with van der Waals surface area (Å²) in [6.07, 6.45) is 1.88. The van der Waals surface area contributed by atoms with Gasteiger partial charge in [0.1, 0.15) is 6.04 Å². The van der Waals surface area contributed by atoms with Crippen LogP contribution in [0, 0.1) is 0 Å². The molecule has 652 valence electrons. The lowest BCUT2D eigenvalue weighted by molar-refractivity contribution is -0.139. The Labute approximate surface area is 654 Å². The Balaban J connectivity index is 1.71. The van der Waals surface area contributed by atoms with Crippen LogP contribution >= 0.6 is 0 Å². The van der Waals surface area contributed by atoms with E-state index in [4.69, 9.17) is 138 Å². The summed E-state index contributed by atoms with van der Waals surface area (Å²) in [4.78, 5) is 72.5. The van der Waals surface area contributed by atoms with E-state index in [1.807, 2.05) is 0 Å². The molecule has 0 aliphatic carbocycles. The average molecular weight is 1620 g/mol. The molecule has 0 bridgehead atoms. The number of hydrogen-bond donors (Lipinski definition) is 4. The fourth-order valence-electron chi connectivity index (χ4n) is 8.40. The van der Waals surface area contributed by atoms with Gasteiger partial charge in [-0.1, -0.05) is 0 Å². The van der Waals surface area contributed by atoms with Gasteiger partial charge in [0.2, 0.25) is 17.7 Å². The van der Waals surface area contributed by atoms with Gasteiger partial charge in [-0.15, -0.1) is 0 Å². The Bertz CT molecular complexity index is 2070. The average Bonchev–Trinajstić information content (AvgIpc) is 1.76. The fourth-order valence-corrected chi connectivity index (χ4v) is 8.40. The maximum absolute atomic E-state index is 12.8. The van der Waals surface area contributed by atoms with Gasteiger partial charge in [0.25, 0.3) is 11.8 Å². The summed E-state index contributed by atoms with van der Waals surface area (Å²) < 4.78 is 153. The van der Waals surface area contributed by atoms with E-state index in [9.17, 15) is 28.8 Å². The predicted molar refractivity (Wildman–Crippen MR) is 394 cm³/mol. The van der Waals surface area contributed by atoms with Gasteiger partial charge in [-0.05, 0) is 6.42 Å². The van der Waals surface area contributed by atoms with E-state index >= 15 is 0 Å². The number of carboxylic acid groups (broad SMARTS) is 1. The number of hydrogen-bond acceptors (Lipinski definition) is 34. The number of carboxylic acids is 1. The molecule has 1 aliphatic rings. The number of carbonyl (C=O) groups is 6. The van der Waals surface area contributed by atoms with Crippen molar-refractivity contribution in [1.82, 2.24) is 20.9 Å². The summed E-state index contributed by atoms with van der Waals surface area (Å²) in [7, 11) is 1.64. The molecule has 0 spiro atoms. The molecule has 5 amide bonds. The van der Waals surface area contributed by atoms with Crippen molar-refractivity contribution in [2.75, 3.05) is 390 Å². The lowest BCUT2D eigenvalue weighted by atomic mass is 10.1. The van der Waals surface area contributed by atoms with E-state index in [-0.39, 0.29) is 90.9 Å². The number of nitrogens with zero attached hydrogens (tertiary/aromatic N) is 1. The van der Waals surface area contributed by atoms with E-state index < -0.39 is 35.6 Å². The van der Waals surface area contributed by atoms with Crippen LogP contribution < -0.4 is 16.0 Å². The maximum atomic E-state index is 12.8. The number of imide groups is 1. The highest BCUT2D eigenvalue weighted by Crippen LogP contribution is 2.05. The summed E-state index contributed by atoms with van der Waals surface area (Å²) in [6.45, 7) is 23.9. The highest BCUT2D eigenvalue weighted by Gasteiger charge is 2.24. The Morgan fingerprint density at radius 1 is 0.279 bits per heavy atom. The van der Waals surface area contributed by atoms with Crippen molar-refractivity contribution in [3.8, 4) is 0 Å². The Kier molecular flexibility index (Phi) is 83.0. The molecule has 0 fully saturated rings. The standard InChI is InChI=1S/C72H134N4O35/c1-84-14-15-88-22-23-92-28-29-94-32-33-96-36-37-98-40-41-100-44-45-102-48-49-104-52-53-106-56-57-108-60-61-110-64-65-111-63-62-109-59-58-107-55-54-105-51-50-103-47-46-101-43-42-99-39-38-97-35-34-95-31-30-93-27-26-91-21-18-87-13-9-74-72(83)66(2-5-71(81)82)75-68(78)7-11-85-16-19-89-24-25-90-20-17-86-12-8-73-67(77)6-10-76-69(79)3-4-70(76)80/h3-4,66H,2,5-65H2,1H3,(H,73,77)(H,74,83)(H,75,78)(H,81,82). The second kappa shape index (κ2) is 88.0. The van der Waals surface area contributed by atoms with Crippen LogP contribution in [0.1, 0.15) is 25.7 Å². The molecule has 0 aromatic carbocycles.